The third-order valence-corrected chi connectivity index (χ3v) is 9.87. The third-order valence-electron chi connectivity index (χ3n) is 9.87. The highest BCUT2D eigenvalue weighted by atomic mass is 16.2. The van der Waals surface area contributed by atoms with Crippen LogP contribution in [0, 0.1) is 11.8 Å². The number of hydrogen-bond donors (Lipinski definition) is 2. The number of fused-ring (bicyclic) bond motifs is 2. The summed E-state index contributed by atoms with van der Waals surface area (Å²) in [6.07, 6.45) is 7.66. The average molecular weight is 635 g/mol. The fourth-order valence-corrected chi connectivity index (χ4v) is 6.78. The van der Waals surface area contributed by atoms with Gasteiger partial charge in [0.1, 0.15) is 17.9 Å². The van der Waals surface area contributed by atoms with Crippen LogP contribution in [0.3, 0.4) is 0 Å². The van der Waals surface area contributed by atoms with Crippen LogP contribution >= 0.6 is 0 Å². The number of piperidine rings is 1. The molecule has 0 radical (unpaired) electrons. The molecule has 10 heteroatoms. The molecule has 1 aromatic heterocycles. The highest BCUT2D eigenvalue weighted by molar-refractivity contribution is 5.98. The number of hydrogen-bond acceptors (Lipinski definition) is 6. The van der Waals surface area contributed by atoms with Crippen molar-refractivity contribution in [1.82, 2.24) is 20.1 Å². The second kappa shape index (κ2) is 16.1. The van der Waals surface area contributed by atoms with Gasteiger partial charge in [0.2, 0.25) is 17.7 Å². The largest absolute Gasteiger partial charge is 0.347 e. The maximum absolute atomic E-state index is 14.2. The predicted molar refractivity (Wildman–Crippen MR) is 177 cm³/mol. The molecule has 2 saturated heterocycles. The van der Waals surface area contributed by atoms with Crippen LogP contribution in [0.4, 0.5) is 0 Å². The van der Waals surface area contributed by atoms with Crippen LogP contribution < -0.4 is 16.1 Å². The zero-order valence-corrected chi connectivity index (χ0v) is 27.8. The van der Waals surface area contributed by atoms with Gasteiger partial charge in [0.15, 0.2) is 11.2 Å². The lowest BCUT2D eigenvalue weighted by Gasteiger charge is -2.39. The lowest BCUT2D eigenvalue weighted by Crippen LogP contribution is -2.59. The molecule has 1 aromatic carbocycles. The number of pyridine rings is 1. The highest BCUT2D eigenvalue weighted by Gasteiger charge is 2.41. The van der Waals surface area contributed by atoms with Crippen molar-refractivity contribution in [3.8, 4) is 0 Å². The quantitative estimate of drug-likeness (QED) is 0.347. The van der Waals surface area contributed by atoms with Gasteiger partial charge >= 0.3 is 0 Å². The first-order chi connectivity index (χ1) is 22.1. The van der Waals surface area contributed by atoms with Crippen LogP contribution in [0.2, 0.25) is 0 Å². The SMILES string of the molecule is CCC(=O)CCCCC[C@@H]1CC(=O)[C@H]2CCCCN2C(=O)[C@H]([C@H](C)CC)NC(=O)[C@H](c2cn(CC)c3ccccc3c2=O)NC1=O. The fourth-order valence-electron chi connectivity index (χ4n) is 6.78. The van der Waals surface area contributed by atoms with E-state index in [9.17, 15) is 28.8 Å². The Bertz CT molecular complexity index is 1500. The fraction of sp³-hybridized carbons (Fsp3) is 0.611. The number of nitrogens with one attached hydrogen (secondary N) is 2. The molecule has 2 fully saturated rings. The van der Waals surface area contributed by atoms with Crippen molar-refractivity contribution in [3.05, 3.63) is 46.2 Å². The van der Waals surface area contributed by atoms with Gasteiger partial charge in [0.05, 0.1) is 11.6 Å². The lowest BCUT2D eigenvalue weighted by molar-refractivity contribution is -0.147. The van der Waals surface area contributed by atoms with Gasteiger partial charge in [0, 0.05) is 55.4 Å². The van der Waals surface area contributed by atoms with Gasteiger partial charge in [-0.3, -0.25) is 28.8 Å². The number of Topliss-reactive ketones (excluding diaryl/α,β-unsaturated/α-hetero) is 2. The molecule has 0 unspecified atom stereocenters. The summed E-state index contributed by atoms with van der Waals surface area (Å²) in [5.41, 5.74) is 0.453. The van der Waals surface area contributed by atoms with Crippen molar-refractivity contribution in [2.75, 3.05) is 6.54 Å². The van der Waals surface area contributed by atoms with E-state index < -0.39 is 35.9 Å². The number of benzene rings is 1. The van der Waals surface area contributed by atoms with E-state index in [1.165, 1.54) is 0 Å². The van der Waals surface area contributed by atoms with Gasteiger partial charge in [-0.05, 0) is 57.1 Å². The zero-order valence-electron chi connectivity index (χ0n) is 27.8. The van der Waals surface area contributed by atoms with Crippen LogP contribution in [0.25, 0.3) is 10.9 Å². The summed E-state index contributed by atoms with van der Waals surface area (Å²) < 4.78 is 1.87. The lowest BCUT2D eigenvalue weighted by atomic mass is 9.87. The molecule has 5 atom stereocenters. The normalized spacial score (nSPS) is 23.6. The molecule has 4 rings (SSSR count). The number of unbranched alkanes of at least 4 members (excludes halogenated alkanes) is 2. The van der Waals surface area contributed by atoms with E-state index in [-0.39, 0.29) is 40.8 Å². The molecular weight excluding hydrogens is 584 g/mol. The molecule has 2 aliphatic rings. The summed E-state index contributed by atoms with van der Waals surface area (Å²) in [7, 11) is 0. The van der Waals surface area contributed by atoms with E-state index in [1.807, 2.05) is 44.4 Å². The van der Waals surface area contributed by atoms with Crippen molar-refractivity contribution in [1.29, 1.82) is 0 Å². The standard InChI is InChI=1S/C36H50N4O6/c1-5-23(4)31-36(46)40-20-14-13-19-29(40)30(42)21-24(15-9-8-10-16-25(41)6-2)34(44)38-32(35(45)37-31)27-22-39(7-3)28-18-12-11-17-26(28)33(27)43/h11-12,17-18,22-24,29,31-32H,5-10,13-16,19-21H2,1-4H3,(H,37,45)(H,38,44)/t23-,24-,29-,31+,32+/m1/s1. The summed E-state index contributed by atoms with van der Waals surface area (Å²) in [4.78, 5) is 83.6. The first kappa shape index (κ1) is 35.0. The third kappa shape index (κ3) is 7.93. The van der Waals surface area contributed by atoms with Crippen molar-refractivity contribution in [2.24, 2.45) is 11.8 Å². The van der Waals surface area contributed by atoms with Crippen molar-refractivity contribution in [2.45, 2.75) is 123 Å². The second-order valence-corrected chi connectivity index (χ2v) is 12.9. The number of aryl methyl sites for hydroxylation is 1. The summed E-state index contributed by atoms with van der Waals surface area (Å²) in [6, 6.07) is 4.22. The van der Waals surface area contributed by atoms with Crippen LogP contribution in [0.5, 0.6) is 0 Å². The summed E-state index contributed by atoms with van der Waals surface area (Å²) in [5, 5.41) is 6.21. The Balaban J connectivity index is 1.76. The van der Waals surface area contributed by atoms with E-state index >= 15 is 0 Å². The molecule has 250 valence electrons. The number of aromatic nitrogens is 1. The van der Waals surface area contributed by atoms with Gasteiger partial charge in [-0.1, -0.05) is 52.2 Å². The first-order valence-electron chi connectivity index (χ1n) is 17.2. The molecule has 2 N–H and O–H groups in total. The summed E-state index contributed by atoms with van der Waals surface area (Å²) in [5.74, 6) is -2.35. The molecule has 0 aliphatic carbocycles. The van der Waals surface area contributed by atoms with Crippen LogP contribution in [0.1, 0.15) is 110 Å². The maximum Gasteiger partial charge on any atom is 0.248 e. The molecule has 0 saturated carbocycles. The average Bonchev–Trinajstić information content (AvgIpc) is 3.07. The molecule has 46 heavy (non-hydrogen) atoms. The van der Waals surface area contributed by atoms with Crippen molar-refractivity contribution < 1.29 is 24.0 Å². The molecule has 10 nitrogen and oxygen atoms in total. The molecule has 2 aromatic rings. The van der Waals surface area contributed by atoms with Gasteiger partial charge in [-0.15, -0.1) is 0 Å². The predicted octanol–water partition coefficient (Wildman–Crippen LogP) is 4.61. The zero-order chi connectivity index (χ0) is 33.4. The number of ketones is 2. The van der Waals surface area contributed by atoms with Gasteiger partial charge in [-0.2, -0.15) is 0 Å². The van der Waals surface area contributed by atoms with Gasteiger partial charge in [0.25, 0.3) is 0 Å². The van der Waals surface area contributed by atoms with Crippen LogP contribution in [-0.4, -0.2) is 57.4 Å². The highest BCUT2D eigenvalue weighted by Crippen LogP contribution is 2.27. The Morgan fingerprint density at radius 2 is 1.72 bits per heavy atom. The van der Waals surface area contributed by atoms with Crippen LogP contribution in [0.15, 0.2) is 35.3 Å². The molecule has 3 heterocycles. The van der Waals surface area contributed by atoms with E-state index in [0.717, 1.165) is 19.3 Å². The van der Waals surface area contributed by atoms with Crippen LogP contribution in [-0.2, 0) is 30.5 Å². The Kier molecular flexibility index (Phi) is 12.3. The number of carbonyl (C=O) groups is 5. The van der Waals surface area contributed by atoms with E-state index in [2.05, 4.69) is 10.6 Å². The van der Waals surface area contributed by atoms with Gasteiger partial charge < -0.3 is 20.1 Å². The number of carbonyl (C=O) groups excluding carboxylic acids is 5. The molecular formula is C36H50N4O6. The van der Waals surface area contributed by atoms with E-state index in [4.69, 9.17) is 0 Å². The monoisotopic (exact) mass is 634 g/mol. The van der Waals surface area contributed by atoms with Crippen molar-refractivity contribution in [3.63, 3.8) is 0 Å². The minimum absolute atomic E-state index is 0.0621. The van der Waals surface area contributed by atoms with E-state index in [1.54, 1.807) is 23.2 Å². The smallest absolute Gasteiger partial charge is 0.248 e. The summed E-state index contributed by atoms with van der Waals surface area (Å²) >= 11 is 0. The molecule has 2 aliphatic heterocycles. The topological polar surface area (TPSA) is 135 Å². The molecule has 0 bridgehead atoms. The molecule has 0 spiro atoms. The number of rotatable bonds is 11. The number of para-hydroxylation sites is 1. The Labute approximate surface area is 271 Å². The Morgan fingerprint density at radius 1 is 0.957 bits per heavy atom. The number of amides is 3. The first-order valence-corrected chi connectivity index (χ1v) is 17.2. The molecule has 3 amide bonds. The maximum atomic E-state index is 14.2. The second-order valence-electron chi connectivity index (χ2n) is 12.9. The minimum Gasteiger partial charge on any atom is -0.347 e. The van der Waals surface area contributed by atoms with Gasteiger partial charge in [-0.25, -0.2) is 0 Å². The van der Waals surface area contributed by atoms with Crippen molar-refractivity contribution >= 4 is 40.2 Å². The van der Waals surface area contributed by atoms with E-state index in [0.29, 0.717) is 68.9 Å². The Morgan fingerprint density at radius 3 is 2.43 bits per heavy atom. The Hall–Kier alpha value is -3.82. The number of nitrogens with zero attached hydrogens (tertiary/aromatic N) is 2. The summed E-state index contributed by atoms with van der Waals surface area (Å²) in [6.45, 7) is 8.53. The minimum atomic E-state index is -1.36.